The maximum absolute atomic E-state index is 12.0. The van der Waals surface area contributed by atoms with Crippen molar-refractivity contribution in [1.29, 1.82) is 0 Å². The first-order chi connectivity index (χ1) is 12.6. The molecule has 1 aromatic heterocycles. The largest absolute Gasteiger partial charge is 0.389 e. The fraction of sp³-hybridized carbons (Fsp3) is 0.200. The number of benzene rings is 2. The average Bonchev–Trinajstić information content (AvgIpc) is 2.66. The lowest BCUT2D eigenvalue weighted by atomic mass is 10.1. The van der Waals surface area contributed by atoms with Gasteiger partial charge in [0.15, 0.2) is 0 Å². The molecule has 1 atom stereocenters. The second-order valence-electron chi connectivity index (χ2n) is 5.87. The minimum atomic E-state index is -0.853. The van der Waals surface area contributed by atoms with Crippen molar-refractivity contribution in [3.05, 3.63) is 87.7 Å². The van der Waals surface area contributed by atoms with E-state index in [9.17, 15) is 9.90 Å². The van der Waals surface area contributed by atoms with Crippen LogP contribution in [0.3, 0.4) is 0 Å². The predicted molar refractivity (Wildman–Crippen MR) is 101 cm³/mol. The summed E-state index contributed by atoms with van der Waals surface area (Å²) in [5, 5.41) is 15.1. The van der Waals surface area contributed by atoms with Gasteiger partial charge >= 0.3 is 0 Å². The summed E-state index contributed by atoms with van der Waals surface area (Å²) < 4.78 is 6.77. The molecule has 1 heterocycles. The zero-order valence-electron chi connectivity index (χ0n) is 14.1. The zero-order chi connectivity index (χ0) is 18.4. The Labute approximate surface area is 156 Å². The van der Waals surface area contributed by atoms with Gasteiger partial charge in [-0.15, -0.1) is 0 Å². The molecule has 5 nitrogen and oxygen atoms in total. The summed E-state index contributed by atoms with van der Waals surface area (Å²) in [6.45, 7) is 0.431. The molecule has 0 amide bonds. The summed E-state index contributed by atoms with van der Waals surface area (Å²) in [6, 6.07) is 20.1. The highest BCUT2D eigenvalue weighted by molar-refractivity contribution is 6.31. The molecule has 1 N–H and O–H groups in total. The van der Waals surface area contributed by atoms with Crippen molar-refractivity contribution in [3.63, 3.8) is 0 Å². The van der Waals surface area contributed by atoms with Gasteiger partial charge in [-0.3, -0.25) is 4.79 Å². The number of rotatable bonds is 7. The van der Waals surface area contributed by atoms with Gasteiger partial charge in [0.2, 0.25) is 0 Å². The molecule has 134 valence electrons. The van der Waals surface area contributed by atoms with E-state index >= 15 is 0 Å². The molecule has 26 heavy (non-hydrogen) atoms. The lowest BCUT2D eigenvalue weighted by molar-refractivity contribution is 0.0181. The normalized spacial score (nSPS) is 12.1. The van der Waals surface area contributed by atoms with Crippen molar-refractivity contribution >= 4 is 11.6 Å². The van der Waals surface area contributed by atoms with E-state index in [1.54, 1.807) is 12.1 Å². The number of aliphatic hydroxyl groups is 1. The lowest BCUT2D eigenvalue weighted by Gasteiger charge is -2.13. The number of ether oxygens (including phenoxy) is 1. The van der Waals surface area contributed by atoms with E-state index in [0.29, 0.717) is 17.3 Å². The number of hydrogen-bond acceptors (Lipinski definition) is 4. The summed E-state index contributed by atoms with van der Waals surface area (Å²) in [6.07, 6.45) is -0.853. The Morgan fingerprint density at radius 2 is 1.77 bits per heavy atom. The molecule has 0 aliphatic rings. The van der Waals surface area contributed by atoms with Crippen LogP contribution in [0.25, 0.3) is 11.3 Å². The number of aromatic nitrogens is 2. The highest BCUT2D eigenvalue weighted by Crippen LogP contribution is 2.16. The number of halogens is 1. The minimum Gasteiger partial charge on any atom is -0.389 e. The fourth-order valence-electron chi connectivity index (χ4n) is 2.52. The van der Waals surface area contributed by atoms with Gasteiger partial charge < -0.3 is 9.84 Å². The molecule has 0 saturated heterocycles. The van der Waals surface area contributed by atoms with Crippen LogP contribution in [0.5, 0.6) is 0 Å². The smallest absolute Gasteiger partial charge is 0.266 e. The summed E-state index contributed by atoms with van der Waals surface area (Å²) >= 11 is 6.07. The van der Waals surface area contributed by atoms with Crippen LogP contribution in [-0.2, 0) is 17.9 Å². The average molecular weight is 371 g/mol. The van der Waals surface area contributed by atoms with Crippen molar-refractivity contribution in [2.75, 3.05) is 6.61 Å². The van der Waals surface area contributed by atoms with E-state index in [4.69, 9.17) is 16.3 Å². The third-order valence-electron chi connectivity index (χ3n) is 3.85. The van der Waals surface area contributed by atoms with E-state index in [0.717, 1.165) is 11.1 Å². The number of nitrogens with zero attached hydrogens (tertiary/aromatic N) is 2. The molecule has 0 aliphatic heterocycles. The third kappa shape index (κ3) is 4.79. The molecule has 1 unspecified atom stereocenters. The van der Waals surface area contributed by atoms with Gasteiger partial charge in [0.05, 0.1) is 31.6 Å². The monoisotopic (exact) mass is 370 g/mol. The summed E-state index contributed by atoms with van der Waals surface area (Å²) in [4.78, 5) is 12.0. The lowest BCUT2D eigenvalue weighted by Crippen LogP contribution is -2.30. The van der Waals surface area contributed by atoms with Crippen LogP contribution in [0.15, 0.2) is 71.5 Å². The Balaban J connectivity index is 1.61. The maximum Gasteiger partial charge on any atom is 0.266 e. The van der Waals surface area contributed by atoms with Gasteiger partial charge in [-0.2, -0.15) is 5.10 Å². The standard InChI is InChI=1S/C20H19ClN2O3/c21-18-9-5-4-8-16(18)13-26-14-17(24)12-23-20(25)11-10-19(22-23)15-6-2-1-3-7-15/h1-11,17,24H,12-14H2. The maximum atomic E-state index is 12.0. The van der Waals surface area contributed by atoms with Gasteiger partial charge in [0.25, 0.3) is 5.56 Å². The Morgan fingerprint density at radius 3 is 2.54 bits per heavy atom. The molecule has 0 saturated carbocycles. The van der Waals surface area contributed by atoms with Gasteiger partial charge in [-0.1, -0.05) is 60.1 Å². The van der Waals surface area contributed by atoms with Crippen molar-refractivity contribution in [1.82, 2.24) is 9.78 Å². The molecule has 0 spiro atoms. The van der Waals surface area contributed by atoms with Crippen LogP contribution < -0.4 is 5.56 Å². The Bertz CT molecular complexity index is 912. The van der Waals surface area contributed by atoms with Crippen LogP contribution in [0.4, 0.5) is 0 Å². The van der Waals surface area contributed by atoms with Gasteiger partial charge in [-0.25, -0.2) is 4.68 Å². The summed E-state index contributed by atoms with van der Waals surface area (Å²) in [7, 11) is 0. The topological polar surface area (TPSA) is 64.4 Å². The first kappa shape index (κ1) is 18.3. The Morgan fingerprint density at radius 1 is 1.04 bits per heavy atom. The zero-order valence-corrected chi connectivity index (χ0v) is 14.8. The quantitative estimate of drug-likeness (QED) is 0.694. The Kier molecular flexibility index (Phi) is 6.17. The van der Waals surface area contributed by atoms with Crippen LogP contribution in [0.1, 0.15) is 5.56 Å². The molecule has 2 aromatic carbocycles. The van der Waals surface area contributed by atoms with Crippen LogP contribution in [0, 0.1) is 0 Å². The molecule has 0 bridgehead atoms. The molecule has 0 radical (unpaired) electrons. The summed E-state index contributed by atoms with van der Waals surface area (Å²) in [5.41, 5.74) is 2.16. The van der Waals surface area contributed by atoms with Crippen LogP contribution >= 0.6 is 11.6 Å². The number of hydrogen-bond donors (Lipinski definition) is 1. The van der Waals surface area contributed by atoms with E-state index in [1.165, 1.54) is 10.7 Å². The van der Waals surface area contributed by atoms with Crippen molar-refractivity contribution in [3.8, 4) is 11.3 Å². The Hall–Kier alpha value is -2.47. The summed E-state index contributed by atoms with van der Waals surface area (Å²) in [5.74, 6) is 0. The molecule has 6 heteroatoms. The fourth-order valence-corrected chi connectivity index (χ4v) is 2.71. The molecular formula is C20H19ClN2O3. The van der Waals surface area contributed by atoms with Crippen molar-refractivity contribution < 1.29 is 9.84 Å². The first-order valence-electron chi connectivity index (χ1n) is 8.26. The molecule has 0 aliphatic carbocycles. The van der Waals surface area contributed by atoms with Crippen LogP contribution in [-0.4, -0.2) is 27.6 Å². The SMILES string of the molecule is O=c1ccc(-c2ccccc2)nn1CC(O)COCc1ccccc1Cl. The highest BCUT2D eigenvalue weighted by atomic mass is 35.5. The molecule has 3 rings (SSSR count). The van der Waals surface area contributed by atoms with E-state index in [2.05, 4.69) is 5.10 Å². The van der Waals surface area contributed by atoms with E-state index in [-0.39, 0.29) is 18.7 Å². The molecule has 3 aromatic rings. The third-order valence-corrected chi connectivity index (χ3v) is 4.21. The van der Waals surface area contributed by atoms with Crippen molar-refractivity contribution in [2.24, 2.45) is 0 Å². The second kappa shape index (κ2) is 8.76. The minimum absolute atomic E-state index is 0.0576. The van der Waals surface area contributed by atoms with Gasteiger partial charge in [-0.05, 0) is 17.7 Å². The van der Waals surface area contributed by atoms with Crippen molar-refractivity contribution in [2.45, 2.75) is 19.3 Å². The molecular weight excluding hydrogens is 352 g/mol. The highest BCUT2D eigenvalue weighted by Gasteiger charge is 2.10. The van der Waals surface area contributed by atoms with Crippen LogP contribution in [0.2, 0.25) is 5.02 Å². The van der Waals surface area contributed by atoms with E-state index < -0.39 is 6.10 Å². The first-order valence-corrected chi connectivity index (χ1v) is 8.64. The second-order valence-corrected chi connectivity index (χ2v) is 6.27. The number of aliphatic hydroxyl groups excluding tert-OH is 1. The van der Waals surface area contributed by atoms with Gasteiger partial charge in [0, 0.05) is 16.7 Å². The molecule has 0 fully saturated rings. The van der Waals surface area contributed by atoms with Gasteiger partial charge in [0.1, 0.15) is 0 Å². The van der Waals surface area contributed by atoms with E-state index in [1.807, 2.05) is 48.5 Å². The predicted octanol–water partition coefficient (Wildman–Crippen LogP) is 3.14.